The number of amides is 2. The zero-order valence-corrected chi connectivity index (χ0v) is 31.1. The molecule has 0 saturated heterocycles. The molecule has 2 aliphatic rings. The molecule has 3 N–H and O–H groups in total. The number of Topliss-reactive ketones (excluding diaryl/α,β-unsaturated/α-hetero) is 2. The number of urea groups is 1. The molecule has 8 rings (SSSR count). The van der Waals surface area contributed by atoms with Gasteiger partial charge in [-0.2, -0.15) is 0 Å². The summed E-state index contributed by atoms with van der Waals surface area (Å²) in [5.41, 5.74) is 9.88. The first-order valence-corrected chi connectivity index (χ1v) is 19.3. The van der Waals surface area contributed by atoms with Crippen molar-refractivity contribution >= 4 is 44.8 Å². The van der Waals surface area contributed by atoms with Gasteiger partial charge in [0.1, 0.15) is 10.7 Å². The second-order valence-electron chi connectivity index (χ2n) is 13.3. The third-order valence-electron chi connectivity index (χ3n) is 9.82. The van der Waals surface area contributed by atoms with Crippen LogP contribution in [0.4, 0.5) is 22.0 Å². The van der Waals surface area contributed by atoms with Crippen molar-refractivity contribution in [3.63, 3.8) is 0 Å². The average molecular weight is 757 g/mol. The molecule has 2 amide bonds. The first-order chi connectivity index (χ1) is 26.6. The van der Waals surface area contributed by atoms with E-state index in [1.165, 1.54) is 22.6 Å². The lowest BCUT2D eigenvalue weighted by Gasteiger charge is -2.27. The summed E-state index contributed by atoms with van der Waals surface area (Å²) in [4.78, 5) is 46.2. The van der Waals surface area contributed by atoms with Gasteiger partial charge in [-0.3, -0.25) is 29.7 Å². The molecule has 280 valence electrons. The molecule has 0 aliphatic carbocycles. The Morgan fingerprint density at radius 3 is 2.05 bits per heavy atom. The van der Waals surface area contributed by atoms with Gasteiger partial charge in [0.15, 0.2) is 11.6 Å². The van der Waals surface area contributed by atoms with Crippen LogP contribution in [0.25, 0.3) is 0 Å². The van der Waals surface area contributed by atoms with Gasteiger partial charge in [-0.1, -0.05) is 30.3 Å². The van der Waals surface area contributed by atoms with Crippen LogP contribution < -0.4 is 20.5 Å². The van der Waals surface area contributed by atoms with Crippen LogP contribution in [-0.2, 0) is 23.1 Å². The zero-order chi connectivity index (χ0) is 38.5. The number of rotatable bonds is 10. The number of hydrogen-bond donors (Lipinski definition) is 3. The van der Waals surface area contributed by atoms with Crippen molar-refractivity contribution in [1.82, 2.24) is 24.5 Å². The highest BCUT2D eigenvalue weighted by Crippen LogP contribution is 2.42. The number of fused-ring (bicyclic) bond motifs is 2. The highest BCUT2D eigenvalue weighted by molar-refractivity contribution is 7.92. The molecule has 6 heterocycles. The Morgan fingerprint density at radius 1 is 0.836 bits per heavy atom. The lowest BCUT2D eigenvalue weighted by Crippen LogP contribution is -2.34. The van der Waals surface area contributed by atoms with Gasteiger partial charge in [0.25, 0.3) is 10.0 Å². The standard InChI is InChI=1S/C21H23N5O3S.C20H17N3O2/c1-3-26(18-10-5-4-6-11-18)30(28,29)19-12-13-20(22-15-19)24-25-21(27)23-17-9-7-8-16(2)14-17;24-19-14(11-22-9-1-3-16(19)22)18(13-5-7-21-8-6-13)15-12-23-10-2-4-17(23)20(15)25/h4-15H,3H2,1-2H3,(H,22,24)(H2,23,25,27);1-10,14-15,18H,11-12H2. The van der Waals surface area contributed by atoms with Crippen molar-refractivity contribution < 1.29 is 22.8 Å². The molecular formula is C41H40N8O5S. The molecule has 13 nitrogen and oxygen atoms in total. The van der Waals surface area contributed by atoms with Gasteiger partial charge in [-0.05, 0) is 97.8 Å². The van der Waals surface area contributed by atoms with Crippen molar-refractivity contribution in [1.29, 1.82) is 0 Å². The summed E-state index contributed by atoms with van der Waals surface area (Å²) in [6.07, 6.45) is 8.61. The van der Waals surface area contributed by atoms with Crippen molar-refractivity contribution in [2.45, 2.75) is 37.8 Å². The van der Waals surface area contributed by atoms with Gasteiger partial charge in [0, 0.05) is 74.1 Å². The summed E-state index contributed by atoms with van der Waals surface area (Å²) in [6, 6.07) is 30.1. The number of anilines is 3. The van der Waals surface area contributed by atoms with Crippen LogP contribution >= 0.6 is 0 Å². The van der Waals surface area contributed by atoms with Crippen molar-refractivity contribution in [2.24, 2.45) is 11.8 Å². The first-order valence-electron chi connectivity index (χ1n) is 17.9. The Kier molecular flexibility index (Phi) is 10.6. The van der Waals surface area contributed by atoms with Crippen LogP contribution in [-0.4, -0.2) is 51.7 Å². The van der Waals surface area contributed by atoms with Crippen LogP contribution in [0.15, 0.2) is 139 Å². The smallest absolute Gasteiger partial charge is 0.337 e. The minimum Gasteiger partial charge on any atom is -0.344 e. The van der Waals surface area contributed by atoms with E-state index in [1.807, 2.05) is 89.1 Å². The Bertz CT molecular complexity index is 2350. The Balaban J connectivity index is 0.000000171. The van der Waals surface area contributed by atoms with E-state index in [1.54, 1.807) is 49.6 Å². The van der Waals surface area contributed by atoms with Crippen molar-refractivity contribution in [3.05, 3.63) is 157 Å². The van der Waals surface area contributed by atoms with Crippen LogP contribution in [0.1, 0.15) is 44.9 Å². The van der Waals surface area contributed by atoms with Crippen LogP contribution in [0, 0.1) is 18.8 Å². The summed E-state index contributed by atoms with van der Waals surface area (Å²) in [5, 5.41) is 2.69. The Morgan fingerprint density at radius 2 is 1.49 bits per heavy atom. The lowest BCUT2D eigenvalue weighted by molar-refractivity contribution is 0.0836. The average Bonchev–Trinajstić information content (AvgIpc) is 3.98. The number of nitrogens with one attached hydrogen (secondary N) is 3. The minimum absolute atomic E-state index is 0.0583. The van der Waals surface area contributed by atoms with E-state index in [2.05, 4.69) is 26.1 Å². The van der Waals surface area contributed by atoms with Gasteiger partial charge in [-0.25, -0.2) is 18.2 Å². The van der Waals surface area contributed by atoms with Crippen molar-refractivity contribution in [2.75, 3.05) is 21.6 Å². The fourth-order valence-electron chi connectivity index (χ4n) is 7.27. The normalized spacial score (nSPS) is 16.3. The number of benzene rings is 2. The van der Waals surface area contributed by atoms with E-state index >= 15 is 0 Å². The Labute approximate surface area is 319 Å². The third-order valence-corrected chi connectivity index (χ3v) is 11.7. The number of para-hydroxylation sites is 1. The molecule has 0 radical (unpaired) electrons. The molecule has 2 atom stereocenters. The number of hydrazine groups is 1. The molecule has 0 spiro atoms. The van der Waals surface area contributed by atoms with Gasteiger partial charge in [-0.15, -0.1) is 0 Å². The van der Waals surface area contributed by atoms with Gasteiger partial charge in [0.2, 0.25) is 0 Å². The van der Waals surface area contributed by atoms with E-state index in [-0.39, 0.29) is 40.8 Å². The van der Waals surface area contributed by atoms with E-state index in [0.717, 1.165) is 22.5 Å². The number of sulfonamides is 1. The van der Waals surface area contributed by atoms with E-state index in [4.69, 9.17) is 0 Å². The lowest BCUT2D eigenvalue weighted by atomic mass is 9.74. The zero-order valence-electron chi connectivity index (χ0n) is 30.2. The molecule has 6 aromatic rings. The molecular weight excluding hydrogens is 717 g/mol. The minimum atomic E-state index is -3.75. The summed E-state index contributed by atoms with van der Waals surface area (Å²) in [5.74, 6) is 0.0144. The maximum absolute atomic E-state index is 13.0. The number of carbonyl (C=O) groups is 3. The molecule has 0 fully saturated rings. The summed E-state index contributed by atoms with van der Waals surface area (Å²) < 4.78 is 31.2. The van der Waals surface area contributed by atoms with E-state index < -0.39 is 16.1 Å². The van der Waals surface area contributed by atoms with E-state index in [0.29, 0.717) is 30.3 Å². The van der Waals surface area contributed by atoms with Gasteiger partial charge < -0.3 is 14.5 Å². The molecule has 0 saturated carbocycles. The number of ketones is 2. The molecule has 2 aliphatic heterocycles. The second kappa shape index (κ2) is 15.8. The molecule has 0 bridgehead atoms. The maximum atomic E-state index is 13.0. The van der Waals surface area contributed by atoms with Crippen LogP contribution in [0.5, 0.6) is 0 Å². The maximum Gasteiger partial charge on any atom is 0.337 e. The fraction of sp³-hybridized carbons (Fsp3) is 0.195. The third kappa shape index (κ3) is 7.76. The number of aryl methyl sites for hydroxylation is 1. The Hall–Kier alpha value is -6.54. The predicted octanol–water partition coefficient (Wildman–Crippen LogP) is 6.55. The first kappa shape index (κ1) is 36.8. The number of aromatic nitrogens is 4. The summed E-state index contributed by atoms with van der Waals surface area (Å²) >= 11 is 0. The molecule has 2 aromatic carbocycles. The topological polar surface area (TPSA) is 160 Å². The molecule has 2 unspecified atom stereocenters. The summed E-state index contributed by atoms with van der Waals surface area (Å²) in [7, 11) is -3.75. The van der Waals surface area contributed by atoms with E-state index in [9.17, 15) is 22.8 Å². The highest BCUT2D eigenvalue weighted by Gasteiger charge is 2.46. The van der Waals surface area contributed by atoms with Crippen molar-refractivity contribution in [3.8, 4) is 0 Å². The second-order valence-corrected chi connectivity index (χ2v) is 15.2. The molecule has 14 heteroatoms. The quantitative estimate of drug-likeness (QED) is 0.133. The van der Waals surface area contributed by atoms with Gasteiger partial charge in [0.05, 0.1) is 17.1 Å². The number of hydrogen-bond acceptors (Lipinski definition) is 8. The number of carbonyl (C=O) groups excluding carboxylic acids is 3. The highest BCUT2D eigenvalue weighted by atomic mass is 32.2. The largest absolute Gasteiger partial charge is 0.344 e. The predicted molar refractivity (Wildman–Crippen MR) is 209 cm³/mol. The fourth-order valence-corrected chi connectivity index (χ4v) is 8.69. The molecule has 55 heavy (non-hydrogen) atoms. The van der Waals surface area contributed by atoms with Gasteiger partial charge >= 0.3 is 6.03 Å². The van der Waals surface area contributed by atoms with Crippen LogP contribution in [0.3, 0.4) is 0 Å². The molecule has 4 aromatic heterocycles. The SMILES string of the molecule is CCN(c1ccccc1)S(=O)(=O)c1ccc(NNC(=O)Nc2cccc(C)c2)nc1.O=C1c2cccn2CC1C(c1ccncc1)C1Cn2cccc2C1=O. The summed E-state index contributed by atoms with van der Waals surface area (Å²) in [6.45, 7) is 5.25. The van der Waals surface area contributed by atoms with Crippen LogP contribution in [0.2, 0.25) is 0 Å². The number of nitrogens with zero attached hydrogens (tertiary/aromatic N) is 5. The number of pyridine rings is 2. The monoisotopic (exact) mass is 756 g/mol.